The Hall–Kier alpha value is -4.10. The lowest BCUT2D eigenvalue weighted by molar-refractivity contribution is -0.683. The van der Waals surface area contributed by atoms with Crippen LogP contribution in [0.5, 0.6) is 5.75 Å². The highest BCUT2D eigenvalue weighted by Crippen LogP contribution is 2.13. The number of ether oxygens (including phenoxy) is 1. The first kappa shape index (κ1) is 25.5. The fourth-order valence-corrected chi connectivity index (χ4v) is 3.26. The molecular formula is C28H24BrN3O3. The van der Waals surface area contributed by atoms with E-state index in [0.29, 0.717) is 17.7 Å². The van der Waals surface area contributed by atoms with Gasteiger partial charge in [0.05, 0.1) is 6.21 Å². The molecule has 1 aromatic heterocycles. The number of halogens is 1. The Balaban J connectivity index is 0.00000342. The number of Topliss-reactive ketones (excluding diaryl/α,β-unsaturated/α-hetero) is 1. The number of aromatic nitrogens is 1. The zero-order valence-corrected chi connectivity index (χ0v) is 20.5. The highest BCUT2D eigenvalue weighted by Gasteiger charge is 2.14. The van der Waals surface area contributed by atoms with E-state index in [4.69, 9.17) is 4.74 Å². The summed E-state index contributed by atoms with van der Waals surface area (Å²) >= 11 is 0. The molecule has 0 saturated heterocycles. The quantitative estimate of drug-likeness (QED) is 0.153. The van der Waals surface area contributed by atoms with Crippen LogP contribution in [0.1, 0.15) is 31.8 Å². The maximum absolute atomic E-state index is 12.5. The molecular weight excluding hydrogens is 506 g/mol. The van der Waals surface area contributed by atoms with Crippen molar-refractivity contribution in [1.29, 1.82) is 0 Å². The summed E-state index contributed by atoms with van der Waals surface area (Å²) in [5.74, 6) is 0.363. The van der Waals surface area contributed by atoms with Gasteiger partial charge in [0.15, 0.2) is 12.4 Å². The number of pyridine rings is 1. The predicted molar refractivity (Wildman–Crippen MR) is 130 cm³/mol. The third-order valence-corrected chi connectivity index (χ3v) is 5.05. The first-order valence-electron chi connectivity index (χ1n) is 10.8. The SMILES string of the molecule is O=C(C[n+]1cccc(C(=O)N/N=C/c2ccc(OCc3ccccc3)cc2)c1)c1ccccc1.[Br-]. The fourth-order valence-electron chi connectivity index (χ4n) is 3.26. The van der Waals surface area contributed by atoms with Gasteiger partial charge >= 0.3 is 0 Å². The van der Waals surface area contributed by atoms with E-state index in [2.05, 4.69) is 10.5 Å². The Morgan fingerprint density at radius 1 is 0.829 bits per heavy atom. The van der Waals surface area contributed by atoms with Gasteiger partial charge in [0.1, 0.15) is 17.9 Å². The van der Waals surface area contributed by atoms with Gasteiger partial charge in [0, 0.05) is 11.6 Å². The van der Waals surface area contributed by atoms with E-state index in [1.165, 1.54) is 0 Å². The number of nitrogens with one attached hydrogen (secondary N) is 1. The molecule has 1 N–H and O–H groups in total. The Morgan fingerprint density at radius 2 is 1.49 bits per heavy atom. The minimum Gasteiger partial charge on any atom is -1.00 e. The van der Waals surface area contributed by atoms with Crippen LogP contribution >= 0.6 is 0 Å². The zero-order chi connectivity index (χ0) is 23.6. The van der Waals surface area contributed by atoms with Crippen molar-refractivity contribution in [3.05, 3.63) is 132 Å². The van der Waals surface area contributed by atoms with Crippen LogP contribution in [0.25, 0.3) is 0 Å². The monoisotopic (exact) mass is 529 g/mol. The Labute approximate surface area is 214 Å². The Bertz CT molecular complexity index is 1280. The molecule has 1 amide bonds. The predicted octanol–water partition coefficient (Wildman–Crippen LogP) is 1.20. The van der Waals surface area contributed by atoms with Gasteiger partial charge in [0.25, 0.3) is 5.91 Å². The number of carbonyl (C=O) groups is 2. The second kappa shape index (κ2) is 13.0. The average Bonchev–Trinajstić information content (AvgIpc) is 2.89. The van der Waals surface area contributed by atoms with E-state index in [1.54, 1.807) is 47.4 Å². The van der Waals surface area contributed by atoms with Crippen LogP contribution in [-0.2, 0) is 13.2 Å². The molecule has 0 unspecified atom stereocenters. The molecule has 0 spiro atoms. The summed E-state index contributed by atoms with van der Waals surface area (Å²) in [7, 11) is 0. The van der Waals surface area contributed by atoms with Gasteiger partial charge in [-0.25, -0.2) is 5.43 Å². The number of hydrazone groups is 1. The van der Waals surface area contributed by atoms with Gasteiger partial charge in [-0.1, -0.05) is 60.7 Å². The van der Waals surface area contributed by atoms with Gasteiger partial charge in [0.2, 0.25) is 12.3 Å². The van der Waals surface area contributed by atoms with E-state index in [1.807, 2.05) is 72.8 Å². The van der Waals surface area contributed by atoms with Gasteiger partial charge in [-0.2, -0.15) is 9.67 Å². The van der Waals surface area contributed by atoms with Crippen molar-refractivity contribution in [3.8, 4) is 5.75 Å². The summed E-state index contributed by atoms with van der Waals surface area (Å²) in [6.45, 7) is 0.644. The maximum atomic E-state index is 12.5. The molecule has 3 aromatic carbocycles. The normalized spacial score (nSPS) is 10.4. The van der Waals surface area contributed by atoms with E-state index in [-0.39, 0.29) is 35.2 Å². The van der Waals surface area contributed by atoms with Gasteiger partial charge in [-0.05, 0) is 41.5 Å². The topological polar surface area (TPSA) is 71.6 Å². The maximum Gasteiger partial charge on any atom is 0.277 e. The molecule has 0 aliphatic heterocycles. The number of hydrogen-bond acceptors (Lipinski definition) is 4. The lowest BCUT2D eigenvalue weighted by Gasteiger charge is -2.06. The summed E-state index contributed by atoms with van der Waals surface area (Å²) in [5, 5.41) is 4.04. The zero-order valence-electron chi connectivity index (χ0n) is 18.9. The van der Waals surface area contributed by atoms with Gasteiger partial charge in [-0.3, -0.25) is 9.59 Å². The molecule has 6 nitrogen and oxygen atoms in total. The van der Waals surface area contributed by atoms with Crippen molar-refractivity contribution in [2.75, 3.05) is 0 Å². The number of amides is 1. The number of hydrogen-bond donors (Lipinski definition) is 1. The average molecular weight is 530 g/mol. The van der Waals surface area contributed by atoms with Crippen molar-refractivity contribution in [3.63, 3.8) is 0 Å². The number of nitrogens with zero attached hydrogens (tertiary/aromatic N) is 2. The van der Waals surface area contributed by atoms with Crippen molar-refractivity contribution in [2.24, 2.45) is 5.10 Å². The van der Waals surface area contributed by atoms with Gasteiger partial charge < -0.3 is 21.7 Å². The molecule has 7 heteroatoms. The van der Waals surface area contributed by atoms with Crippen LogP contribution in [0.15, 0.2) is 115 Å². The molecule has 4 aromatic rings. The molecule has 35 heavy (non-hydrogen) atoms. The van der Waals surface area contributed by atoms with Crippen molar-refractivity contribution >= 4 is 17.9 Å². The van der Waals surface area contributed by atoms with Crippen LogP contribution < -0.4 is 31.7 Å². The van der Waals surface area contributed by atoms with Crippen LogP contribution in [-0.4, -0.2) is 17.9 Å². The van der Waals surface area contributed by atoms with Crippen LogP contribution in [0, 0.1) is 0 Å². The highest BCUT2D eigenvalue weighted by molar-refractivity contribution is 5.95. The molecule has 0 radical (unpaired) electrons. The minimum absolute atomic E-state index is 0. The molecule has 1 heterocycles. The molecule has 0 fully saturated rings. The minimum atomic E-state index is -0.361. The van der Waals surface area contributed by atoms with E-state index in [0.717, 1.165) is 16.9 Å². The fraction of sp³-hybridized carbons (Fsp3) is 0.0714. The molecule has 0 aliphatic carbocycles. The van der Waals surface area contributed by atoms with Crippen LogP contribution in [0.2, 0.25) is 0 Å². The van der Waals surface area contributed by atoms with Crippen LogP contribution in [0.4, 0.5) is 0 Å². The molecule has 176 valence electrons. The third-order valence-electron chi connectivity index (χ3n) is 5.05. The first-order chi connectivity index (χ1) is 16.7. The number of ketones is 1. The van der Waals surface area contributed by atoms with Crippen molar-refractivity contribution < 1.29 is 35.9 Å². The first-order valence-corrected chi connectivity index (χ1v) is 10.8. The number of carbonyl (C=O) groups excluding carboxylic acids is 2. The lowest BCUT2D eigenvalue weighted by atomic mass is 10.1. The molecule has 0 saturated carbocycles. The van der Waals surface area contributed by atoms with E-state index >= 15 is 0 Å². The number of rotatable bonds is 9. The Morgan fingerprint density at radius 3 is 2.20 bits per heavy atom. The summed E-state index contributed by atoms with van der Waals surface area (Å²) in [6, 6.07) is 29.9. The van der Waals surface area contributed by atoms with Crippen LogP contribution in [0.3, 0.4) is 0 Å². The second-order valence-electron chi connectivity index (χ2n) is 7.60. The number of benzene rings is 3. The standard InChI is InChI=1S/C28H23N3O3.BrH/c32-27(24-10-5-2-6-11-24)20-31-17-7-12-25(19-31)28(33)30-29-18-22-13-15-26(16-14-22)34-21-23-8-3-1-4-9-23;/h1-19H,20-21H2;1H/b29-18+;. The lowest BCUT2D eigenvalue weighted by Crippen LogP contribution is -3.00. The Kier molecular flexibility index (Phi) is 9.45. The highest BCUT2D eigenvalue weighted by atomic mass is 79.9. The second-order valence-corrected chi connectivity index (χ2v) is 7.60. The molecule has 0 bridgehead atoms. The third kappa shape index (κ3) is 7.72. The van der Waals surface area contributed by atoms with Crippen molar-refractivity contribution in [1.82, 2.24) is 5.43 Å². The molecule has 0 atom stereocenters. The van der Waals surface area contributed by atoms with Crippen molar-refractivity contribution in [2.45, 2.75) is 13.2 Å². The molecule has 0 aliphatic rings. The summed E-state index contributed by atoms with van der Waals surface area (Å²) in [4.78, 5) is 24.9. The summed E-state index contributed by atoms with van der Waals surface area (Å²) in [5.41, 5.74) is 5.48. The summed E-state index contributed by atoms with van der Waals surface area (Å²) < 4.78 is 7.46. The largest absolute Gasteiger partial charge is 1.00 e. The smallest absolute Gasteiger partial charge is 0.277 e. The summed E-state index contributed by atoms with van der Waals surface area (Å²) in [6.07, 6.45) is 4.95. The molecule has 4 rings (SSSR count). The van der Waals surface area contributed by atoms with E-state index < -0.39 is 0 Å². The van der Waals surface area contributed by atoms with E-state index in [9.17, 15) is 9.59 Å². The van der Waals surface area contributed by atoms with Gasteiger partial charge in [-0.15, -0.1) is 0 Å².